The second kappa shape index (κ2) is 7.25. The zero-order chi connectivity index (χ0) is 17.1. The Morgan fingerprint density at radius 3 is 2.46 bits per heavy atom. The molecule has 2 heterocycles. The van der Waals surface area contributed by atoms with Crippen LogP contribution in [0.15, 0.2) is 18.2 Å². The molecule has 0 aliphatic carbocycles. The average Bonchev–Trinajstić information content (AvgIpc) is 3.04. The van der Waals surface area contributed by atoms with Crippen LogP contribution in [0.4, 0.5) is 8.78 Å². The molecule has 0 spiro atoms. The Hall–Kier alpha value is -2.02. The lowest BCUT2D eigenvalue weighted by molar-refractivity contribution is -0.141. The molecule has 7 heteroatoms. The highest BCUT2D eigenvalue weighted by molar-refractivity contribution is 5.89. The summed E-state index contributed by atoms with van der Waals surface area (Å²) < 4.78 is 26.6. The van der Waals surface area contributed by atoms with Gasteiger partial charge in [0.2, 0.25) is 11.8 Å². The van der Waals surface area contributed by atoms with Crippen molar-refractivity contribution < 1.29 is 18.4 Å². The Balaban J connectivity index is 1.62. The summed E-state index contributed by atoms with van der Waals surface area (Å²) in [5.41, 5.74) is 0.410. The molecule has 0 radical (unpaired) electrons. The minimum Gasteiger partial charge on any atom is -0.343 e. The quantitative estimate of drug-likeness (QED) is 0.900. The smallest absolute Gasteiger partial charge is 0.240 e. The number of rotatable bonds is 4. The summed E-state index contributed by atoms with van der Waals surface area (Å²) in [7, 11) is 0. The molecule has 1 atom stereocenters. The van der Waals surface area contributed by atoms with E-state index in [1.165, 1.54) is 12.1 Å². The normalized spacial score (nSPS) is 21.4. The second-order valence-corrected chi connectivity index (χ2v) is 6.34. The van der Waals surface area contributed by atoms with Gasteiger partial charge in [-0.05, 0) is 30.5 Å². The molecule has 2 amide bonds. The first kappa shape index (κ1) is 16.8. The van der Waals surface area contributed by atoms with Crippen LogP contribution in [0.1, 0.15) is 24.8 Å². The summed E-state index contributed by atoms with van der Waals surface area (Å²) in [6.45, 7) is 2.66. The van der Waals surface area contributed by atoms with Crippen LogP contribution >= 0.6 is 0 Å². The van der Waals surface area contributed by atoms with Gasteiger partial charge in [0, 0.05) is 38.8 Å². The lowest BCUT2D eigenvalue weighted by atomic mass is 10.1. The maximum Gasteiger partial charge on any atom is 0.240 e. The van der Waals surface area contributed by atoms with Crippen LogP contribution in [0.2, 0.25) is 0 Å². The molecule has 0 bridgehead atoms. The lowest BCUT2D eigenvalue weighted by Gasteiger charge is -2.33. The average molecular weight is 337 g/mol. The highest BCUT2D eigenvalue weighted by Gasteiger charge is 2.32. The third-order valence-corrected chi connectivity index (χ3v) is 4.52. The van der Waals surface area contributed by atoms with Crippen molar-refractivity contribution in [3.63, 3.8) is 0 Å². The number of hydrogen-bond donors (Lipinski definition) is 1. The van der Waals surface area contributed by atoms with Crippen molar-refractivity contribution in [3.8, 4) is 0 Å². The van der Waals surface area contributed by atoms with Gasteiger partial charge in [0.1, 0.15) is 11.6 Å². The van der Waals surface area contributed by atoms with Crippen molar-refractivity contribution in [3.05, 3.63) is 35.4 Å². The molecule has 1 N–H and O–H groups in total. The highest BCUT2D eigenvalue weighted by Crippen LogP contribution is 2.16. The van der Waals surface area contributed by atoms with E-state index in [-0.39, 0.29) is 24.8 Å². The topological polar surface area (TPSA) is 52.7 Å². The fourth-order valence-corrected chi connectivity index (χ4v) is 3.30. The van der Waals surface area contributed by atoms with Gasteiger partial charge in [-0.25, -0.2) is 8.78 Å². The van der Waals surface area contributed by atoms with Gasteiger partial charge < -0.3 is 15.1 Å². The molecule has 2 fully saturated rings. The lowest BCUT2D eigenvalue weighted by Crippen LogP contribution is -2.56. The number of carbonyl (C=O) groups is 2. The van der Waals surface area contributed by atoms with E-state index in [2.05, 4.69) is 5.32 Å². The zero-order valence-electron chi connectivity index (χ0n) is 13.4. The SMILES string of the molecule is O=C(CC1NCCN(Cc2cc(F)cc(F)c2)C1=O)N1CCCC1. The summed E-state index contributed by atoms with van der Waals surface area (Å²) in [6.07, 6.45) is 2.15. The number of nitrogens with zero attached hydrogens (tertiary/aromatic N) is 2. The van der Waals surface area contributed by atoms with Crippen molar-refractivity contribution >= 4 is 11.8 Å². The molecular weight excluding hydrogens is 316 g/mol. The summed E-state index contributed by atoms with van der Waals surface area (Å²) >= 11 is 0. The van der Waals surface area contributed by atoms with Gasteiger partial charge in [-0.3, -0.25) is 9.59 Å². The molecule has 2 saturated heterocycles. The van der Waals surface area contributed by atoms with Crippen molar-refractivity contribution in [2.24, 2.45) is 0 Å². The van der Waals surface area contributed by atoms with Gasteiger partial charge in [0.25, 0.3) is 0 Å². The van der Waals surface area contributed by atoms with Crippen molar-refractivity contribution in [1.82, 2.24) is 15.1 Å². The number of halogens is 2. The fraction of sp³-hybridized carbons (Fsp3) is 0.529. The first-order valence-corrected chi connectivity index (χ1v) is 8.28. The number of benzene rings is 1. The van der Waals surface area contributed by atoms with E-state index < -0.39 is 17.7 Å². The van der Waals surface area contributed by atoms with Crippen LogP contribution < -0.4 is 5.32 Å². The predicted molar refractivity (Wildman–Crippen MR) is 84.0 cm³/mol. The number of carbonyl (C=O) groups excluding carboxylic acids is 2. The van der Waals surface area contributed by atoms with Crippen LogP contribution in [0.5, 0.6) is 0 Å². The molecule has 2 aliphatic rings. The molecule has 130 valence electrons. The number of nitrogens with one attached hydrogen (secondary N) is 1. The van der Waals surface area contributed by atoms with E-state index in [9.17, 15) is 18.4 Å². The van der Waals surface area contributed by atoms with E-state index in [1.807, 2.05) is 0 Å². The van der Waals surface area contributed by atoms with E-state index in [0.717, 1.165) is 32.0 Å². The maximum atomic E-state index is 13.3. The Kier molecular flexibility index (Phi) is 5.08. The number of piperazine rings is 1. The van der Waals surface area contributed by atoms with Crippen LogP contribution in [0, 0.1) is 11.6 Å². The summed E-state index contributed by atoms with van der Waals surface area (Å²) in [6, 6.07) is 2.69. The van der Waals surface area contributed by atoms with Gasteiger partial charge in [-0.2, -0.15) is 0 Å². The van der Waals surface area contributed by atoms with Gasteiger partial charge in [0.15, 0.2) is 0 Å². The third kappa shape index (κ3) is 3.90. The predicted octanol–water partition coefficient (Wildman–Crippen LogP) is 1.28. The van der Waals surface area contributed by atoms with Crippen molar-refractivity contribution in [1.29, 1.82) is 0 Å². The Morgan fingerprint density at radius 2 is 1.79 bits per heavy atom. The standard InChI is InChI=1S/C17H21F2N3O2/c18-13-7-12(8-14(19)9-13)11-22-6-3-20-15(17(22)24)10-16(23)21-4-1-2-5-21/h7-9,15,20H,1-6,10-11H2. The Morgan fingerprint density at radius 1 is 1.12 bits per heavy atom. The minimum absolute atomic E-state index is 0.0167. The third-order valence-electron chi connectivity index (χ3n) is 4.52. The van der Waals surface area contributed by atoms with E-state index >= 15 is 0 Å². The van der Waals surface area contributed by atoms with E-state index in [1.54, 1.807) is 9.80 Å². The van der Waals surface area contributed by atoms with Crippen LogP contribution in [0.25, 0.3) is 0 Å². The molecule has 0 saturated carbocycles. The molecular formula is C17H21F2N3O2. The molecule has 24 heavy (non-hydrogen) atoms. The Bertz CT molecular complexity index is 612. The molecule has 5 nitrogen and oxygen atoms in total. The molecule has 1 aromatic carbocycles. The first-order chi connectivity index (χ1) is 11.5. The molecule has 1 aromatic rings. The number of amides is 2. The van der Waals surface area contributed by atoms with Crippen LogP contribution in [0.3, 0.4) is 0 Å². The molecule has 2 aliphatic heterocycles. The minimum atomic E-state index is -0.659. The highest BCUT2D eigenvalue weighted by atomic mass is 19.1. The summed E-state index contributed by atoms with van der Waals surface area (Å²) in [5, 5.41) is 3.07. The summed E-state index contributed by atoms with van der Waals surface area (Å²) in [5.74, 6) is -1.53. The first-order valence-electron chi connectivity index (χ1n) is 8.28. The fourth-order valence-electron chi connectivity index (χ4n) is 3.30. The van der Waals surface area contributed by atoms with Crippen molar-refractivity contribution in [2.45, 2.75) is 31.8 Å². The van der Waals surface area contributed by atoms with Crippen molar-refractivity contribution in [2.75, 3.05) is 26.2 Å². The monoisotopic (exact) mass is 337 g/mol. The number of hydrogen-bond acceptors (Lipinski definition) is 3. The van der Waals surface area contributed by atoms with Gasteiger partial charge in [-0.1, -0.05) is 0 Å². The van der Waals surface area contributed by atoms with Crippen LogP contribution in [-0.4, -0.2) is 53.8 Å². The largest absolute Gasteiger partial charge is 0.343 e. The molecule has 1 unspecified atom stereocenters. The van der Waals surface area contributed by atoms with Gasteiger partial charge in [0.05, 0.1) is 12.5 Å². The van der Waals surface area contributed by atoms with E-state index in [0.29, 0.717) is 18.7 Å². The van der Waals surface area contributed by atoms with E-state index in [4.69, 9.17) is 0 Å². The molecule has 3 rings (SSSR count). The molecule has 0 aromatic heterocycles. The maximum absolute atomic E-state index is 13.3. The number of likely N-dealkylation sites (tertiary alicyclic amines) is 1. The Labute approximate surface area is 139 Å². The van der Waals surface area contributed by atoms with Crippen LogP contribution in [-0.2, 0) is 16.1 Å². The van der Waals surface area contributed by atoms with Gasteiger partial charge in [-0.15, -0.1) is 0 Å². The van der Waals surface area contributed by atoms with Gasteiger partial charge >= 0.3 is 0 Å². The summed E-state index contributed by atoms with van der Waals surface area (Å²) in [4.78, 5) is 28.1. The second-order valence-electron chi connectivity index (χ2n) is 6.34. The zero-order valence-corrected chi connectivity index (χ0v) is 13.4.